The van der Waals surface area contributed by atoms with Crippen LogP contribution in [-0.4, -0.2) is 44.6 Å². The Kier molecular flexibility index (Phi) is 4.53. The molecule has 1 fully saturated rings. The number of H-pyrrole nitrogens is 1. The maximum atomic E-state index is 11.9. The van der Waals surface area contributed by atoms with Gasteiger partial charge in [0.25, 0.3) is 5.56 Å². The number of hydrogen-bond acceptors (Lipinski definition) is 6. The first kappa shape index (κ1) is 17.1. The van der Waals surface area contributed by atoms with Crippen molar-refractivity contribution in [1.82, 2.24) is 14.9 Å². The molecule has 0 aromatic carbocycles. The summed E-state index contributed by atoms with van der Waals surface area (Å²) in [5.41, 5.74) is -2.74. The predicted molar refractivity (Wildman–Crippen MR) is 78.9 cm³/mol. The zero-order chi connectivity index (χ0) is 17.4. The number of amides is 1. The van der Waals surface area contributed by atoms with Crippen molar-refractivity contribution >= 4 is 11.7 Å². The number of Topliss-reactive ketones (excluding diaryl/α,β-unsaturated/α-hetero) is 1. The Labute approximate surface area is 131 Å². The minimum atomic E-state index is -1.82. The van der Waals surface area contributed by atoms with Crippen molar-refractivity contribution in [2.45, 2.75) is 45.1 Å². The molecule has 0 unspecified atom stereocenters. The Morgan fingerprint density at radius 3 is 2.70 bits per heavy atom. The monoisotopic (exact) mass is 325 g/mol. The molecule has 2 heterocycles. The minimum Gasteiger partial charge on any atom is -0.379 e. The number of aliphatic hydroxyl groups is 1. The van der Waals surface area contributed by atoms with Gasteiger partial charge >= 0.3 is 5.69 Å². The summed E-state index contributed by atoms with van der Waals surface area (Å²) in [6.07, 6.45) is -0.760. The van der Waals surface area contributed by atoms with Crippen LogP contribution in [0.25, 0.3) is 0 Å². The molecule has 3 atom stereocenters. The van der Waals surface area contributed by atoms with E-state index in [9.17, 15) is 24.3 Å². The molecule has 1 amide bonds. The SMILES string of the molecule is CC(=O)NC[C@H]1O[C@@H](n2cc(C)c(=O)[nH]c2=O)C[C@@]1(O)C(C)=O. The van der Waals surface area contributed by atoms with Gasteiger partial charge in [-0.15, -0.1) is 0 Å². The van der Waals surface area contributed by atoms with Crippen LogP contribution in [0.1, 0.15) is 32.1 Å². The number of ether oxygens (including phenoxy) is 1. The quantitative estimate of drug-likeness (QED) is 0.623. The normalized spacial score (nSPS) is 27.0. The summed E-state index contributed by atoms with van der Waals surface area (Å²) in [6.45, 7) is 3.97. The lowest BCUT2D eigenvalue weighted by Crippen LogP contribution is -2.50. The van der Waals surface area contributed by atoms with E-state index in [4.69, 9.17) is 4.74 Å². The lowest BCUT2D eigenvalue weighted by molar-refractivity contribution is -0.142. The van der Waals surface area contributed by atoms with E-state index in [1.54, 1.807) is 0 Å². The summed E-state index contributed by atoms with van der Waals surface area (Å²) in [5, 5.41) is 13.1. The van der Waals surface area contributed by atoms with E-state index >= 15 is 0 Å². The summed E-state index contributed by atoms with van der Waals surface area (Å²) in [4.78, 5) is 48.3. The van der Waals surface area contributed by atoms with Gasteiger partial charge in [-0.2, -0.15) is 0 Å². The second-order valence-corrected chi connectivity index (χ2v) is 5.68. The number of nitrogens with zero attached hydrogens (tertiary/aromatic N) is 1. The first-order chi connectivity index (χ1) is 10.6. The van der Waals surface area contributed by atoms with Crippen LogP contribution >= 0.6 is 0 Å². The molecular weight excluding hydrogens is 306 g/mol. The highest BCUT2D eigenvalue weighted by Gasteiger charge is 2.51. The van der Waals surface area contributed by atoms with Gasteiger partial charge < -0.3 is 15.2 Å². The molecule has 1 aromatic rings. The van der Waals surface area contributed by atoms with Crippen LogP contribution in [0.3, 0.4) is 0 Å². The predicted octanol–water partition coefficient (Wildman–Crippen LogP) is -1.41. The summed E-state index contributed by atoms with van der Waals surface area (Å²) in [6, 6.07) is 0. The number of carbonyl (C=O) groups is 2. The minimum absolute atomic E-state index is 0.0704. The van der Waals surface area contributed by atoms with E-state index < -0.39 is 35.0 Å². The molecule has 0 bridgehead atoms. The van der Waals surface area contributed by atoms with Crippen LogP contribution in [0.5, 0.6) is 0 Å². The number of aromatic nitrogens is 2. The van der Waals surface area contributed by atoms with E-state index in [1.165, 1.54) is 27.0 Å². The van der Waals surface area contributed by atoms with Crippen molar-refractivity contribution in [2.75, 3.05) is 6.54 Å². The summed E-state index contributed by atoms with van der Waals surface area (Å²) < 4.78 is 6.73. The number of hydrogen-bond donors (Lipinski definition) is 3. The fourth-order valence-corrected chi connectivity index (χ4v) is 2.54. The lowest BCUT2D eigenvalue weighted by Gasteiger charge is -2.25. The molecule has 23 heavy (non-hydrogen) atoms. The van der Waals surface area contributed by atoms with Crippen molar-refractivity contribution in [2.24, 2.45) is 0 Å². The molecule has 9 nitrogen and oxygen atoms in total. The smallest absolute Gasteiger partial charge is 0.330 e. The average Bonchev–Trinajstić information content (AvgIpc) is 2.79. The molecule has 0 aliphatic carbocycles. The summed E-state index contributed by atoms with van der Waals surface area (Å²) >= 11 is 0. The molecule has 1 saturated heterocycles. The first-order valence-corrected chi connectivity index (χ1v) is 7.10. The fraction of sp³-hybridized carbons (Fsp3) is 0.571. The zero-order valence-electron chi connectivity index (χ0n) is 13.1. The van der Waals surface area contributed by atoms with Gasteiger partial charge in [0.05, 0.1) is 0 Å². The number of aromatic amines is 1. The third-order valence-corrected chi connectivity index (χ3v) is 3.94. The third-order valence-electron chi connectivity index (χ3n) is 3.94. The first-order valence-electron chi connectivity index (χ1n) is 7.10. The molecule has 1 aliphatic heterocycles. The van der Waals surface area contributed by atoms with E-state index in [-0.39, 0.29) is 18.9 Å². The molecule has 3 N–H and O–H groups in total. The van der Waals surface area contributed by atoms with Gasteiger partial charge in [0, 0.05) is 31.6 Å². The van der Waals surface area contributed by atoms with Crippen molar-refractivity contribution in [3.63, 3.8) is 0 Å². The molecule has 126 valence electrons. The lowest BCUT2D eigenvalue weighted by atomic mass is 9.90. The Hall–Kier alpha value is -2.26. The summed E-state index contributed by atoms with van der Waals surface area (Å²) in [7, 11) is 0. The van der Waals surface area contributed by atoms with Crippen LogP contribution in [0.4, 0.5) is 0 Å². The van der Waals surface area contributed by atoms with Gasteiger partial charge in [-0.1, -0.05) is 0 Å². The van der Waals surface area contributed by atoms with Gasteiger partial charge in [0.1, 0.15) is 12.3 Å². The number of carbonyl (C=O) groups excluding carboxylic acids is 2. The van der Waals surface area contributed by atoms with Gasteiger partial charge in [0.2, 0.25) is 5.91 Å². The molecule has 9 heteroatoms. The van der Waals surface area contributed by atoms with Gasteiger partial charge in [-0.3, -0.25) is 23.9 Å². The highest BCUT2D eigenvalue weighted by molar-refractivity contribution is 5.86. The Balaban J connectivity index is 2.35. The van der Waals surface area contributed by atoms with Crippen molar-refractivity contribution < 1.29 is 19.4 Å². The second kappa shape index (κ2) is 6.09. The molecule has 1 aliphatic rings. The van der Waals surface area contributed by atoms with Crippen molar-refractivity contribution in [3.05, 3.63) is 32.6 Å². The van der Waals surface area contributed by atoms with Crippen LogP contribution in [-0.2, 0) is 14.3 Å². The molecule has 0 radical (unpaired) electrons. The maximum absolute atomic E-state index is 11.9. The van der Waals surface area contributed by atoms with Crippen LogP contribution < -0.4 is 16.6 Å². The number of ketones is 1. The standard InChI is InChI=1S/C14H19N3O6/c1-7-6-17(13(21)16-12(7)20)11-4-14(22,8(2)18)10(23-11)5-15-9(3)19/h6,10-11,22H,4-5H2,1-3H3,(H,15,19)(H,16,20,21)/t10-,11-,14-/m1/s1. The highest BCUT2D eigenvalue weighted by atomic mass is 16.5. The fourth-order valence-electron chi connectivity index (χ4n) is 2.54. The van der Waals surface area contributed by atoms with E-state index in [0.29, 0.717) is 5.56 Å². The number of nitrogens with one attached hydrogen (secondary N) is 2. The second-order valence-electron chi connectivity index (χ2n) is 5.68. The largest absolute Gasteiger partial charge is 0.379 e. The van der Waals surface area contributed by atoms with Crippen LogP contribution in [0.15, 0.2) is 15.8 Å². The molecule has 0 saturated carbocycles. The van der Waals surface area contributed by atoms with E-state index in [2.05, 4.69) is 10.3 Å². The number of rotatable bonds is 4. The molecular formula is C14H19N3O6. The van der Waals surface area contributed by atoms with E-state index in [1.807, 2.05) is 0 Å². The van der Waals surface area contributed by atoms with E-state index in [0.717, 1.165) is 4.57 Å². The number of aryl methyl sites for hydroxylation is 1. The molecule has 2 rings (SSSR count). The van der Waals surface area contributed by atoms with Crippen molar-refractivity contribution in [3.8, 4) is 0 Å². The Morgan fingerprint density at radius 1 is 1.48 bits per heavy atom. The van der Waals surface area contributed by atoms with Gasteiger partial charge in [-0.05, 0) is 13.8 Å². The van der Waals surface area contributed by atoms with Gasteiger partial charge in [-0.25, -0.2) is 4.79 Å². The Morgan fingerprint density at radius 2 is 2.13 bits per heavy atom. The third kappa shape index (κ3) is 3.25. The maximum Gasteiger partial charge on any atom is 0.330 e. The zero-order valence-corrected chi connectivity index (χ0v) is 13.1. The topological polar surface area (TPSA) is 130 Å². The highest BCUT2D eigenvalue weighted by Crippen LogP contribution is 2.36. The summed E-state index contributed by atoms with van der Waals surface area (Å²) in [5.74, 6) is -0.857. The molecule has 0 spiro atoms. The van der Waals surface area contributed by atoms with Gasteiger partial charge in [0.15, 0.2) is 11.4 Å². The van der Waals surface area contributed by atoms with Crippen molar-refractivity contribution in [1.29, 1.82) is 0 Å². The van der Waals surface area contributed by atoms with Crippen LogP contribution in [0.2, 0.25) is 0 Å². The molecule has 1 aromatic heterocycles. The average molecular weight is 325 g/mol. The van der Waals surface area contributed by atoms with Crippen LogP contribution in [0, 0.1) is 6.92 Å². The Bertz CT molecular complexity index is 752.